The normalized spacial score (nSPS) is 15.9. The van der Waals surface area contributed by atoms with Gasteiger partial charge in [-0.2, -0.15) is 0 Å². The molecule has 1 fully saturated rings. The monoisotopic (exact) mass is 490 g/mol. The van der Waals surface area contributed by atoms with Crippen LogP contribution < -0.4 is 16.4 Å². The Morgan fingerprint density at radius 3 is 2.30 bits per heavy atom. The van der Waals surface area contributed by atoms with Crippen LogP contribution in [0.3, 0.4) is 0 Å². The summed E-state index contributed by atoms with van der Waals surface area (Å²) in [5.41, 5.74) is 5.65. The summed E-state index contributed by atoms with van der Waals surface area (Å²) < 4.78 is 27.9. The van der Waals surface area contributed by atoms with E-state index < -0.39 is 30.1 Å². The minimum Gasteiger partial charge on any atom is -0.382 e. The molecule has 2 aromatic carbocycles. The highest BCUT2D eigenvalue weighted by atomic mass is 35.5. The van der Waals surface area contributed by atoms with E-state index in [1.165, 1.54) is 18.3 Å². The van der Waals surface area contributed by atoms with Crippen LogP contribution in [0.15, 0.2) is 60.8 Å². The van der Waals surface area contributed by atoms with E-state index in [1.807, 2.05) is 0 Å². The summed E-state index contributed by atoms with van der Waals surface area (Å²) in [5, 5.41) is 5.96. The fourth-order valence-electron chi connectivity index (χ4n) is 3.82. The molecule has 0 spiro atoms. The van der Waals surface area contributed by atoms with Crippen molar-refractivity contribution >= 4 is 52.2 Å². The second-order valence-corrected chi connectivity index (χ2v) is 8.75. The summed E-state index contributed by atoms with van der Waals surface area (Å²) in [5.74, 6) is -3.97. The molecule has 0 aliphatic heterocycles. The number of rotatable bonds is 5. The Labute approximate surface area is 198 Å². The Morgan fingerprint density at radius 2 is 1.67 bits per heavy atom. The third-order valence-electron chi connectivity index (χ3n) is 5.47. The molecular weight excluding hydrogens is 473 g/mol. The lowest BCUT2D eigenvalue weighted by molar-refractivity contribution is -0.154. The maximum Gasteiger partial charge on any atom is 0.255 e. The maximum absolute atomic E-state index is 13.9. The molecule has 0 atom stereocenters. The summed E-state index contributed by atoms with van der Waals surface area (Å²) in [7, 11) is 0. The van der Waals surface area contributed by atoms with Gasteiger partial charge in [0, 0.05) is 35.3 Å². The van der Waals surface area contributed by atoms with E-state index in [9.17, 15) is 18.4 Å². The smallest absolute Gasteiger partial charge is 0.255 e. The number of hydrogen-bond donors (Lipinski definition) is 3. The van der Waals surface area contributed by atoms with Gasteiger partial charge in [-0.15, -0.1) is 0 Å². The van der Waals surface area contributed by atoms with E-state index in [4.69, 9.17) is 28.9 Å². The van der Waals surface area contributed by atoms with Gasteiger partial charge in [-0.25, -0.2) is 13.8 Å². The molecule has 0 bridgehead atoms. The number of amides is 2. The third kappa shape index (κ3) is 4.77. The van der Waals surface area contributed by atoms with Crippen molar-refractivity contribution in [3.05, 3.63) is 82.0 Å². The summed E-state index contributed by atoms with van der Waals surface area (Å²) >= 11 is 11.8. The number of carbonyl (C=O) groups is 2. The van der Waals surface area contributed by atoms with Crippen LogP contribution in [0.25, 0.3) is 0 Å². The van der Waals surface area contributed by atoms with Gasteiger partial charge in [-0.05, 0) is 42.0 Å². The Balaban J connectivity index is 1.56. The van der Waals surface area contributed by atoms with Gasteiger partial charge in [-0.1, -0.05) is 41.4 Å². The van der Waals surface area contributed by atoms with Crippen LogP contribution >= 0.6 is 23.2 Å². The molecule has 10 heteroatoms. The van der Waals surface area contributed by atoms with Crippen molar-refractivity contribution < 1.29 is 18.4 Å². The van der Waals surface area contributed by atoms with Crippen molar-refractivity contribution in [1.29, 1.82) is 0 Å². The van der Waals surface area contributed by atoms with Crippen molar-refractivity contribution in [3.63, 3.8) is 0 Å². The zero-order valence-corrected chi connectivity index (χ0v) is 18.6. The molecule has 170 valence electrons. The Hall–Kier alpha value is -3.23. The molecule has 1 aromatic heterocycles. The first-order valence-electron chi connectivity index (χ1n) is 9.86. The first kappa shape index (κ1) is 22.9. The van der Waals surface area contributed by atoms with Crippen LogP contribution in [-0.4, -0.2) is 22.7 Å². The van der Waals surface area contributed by atoms with Crippen molar-refractivity contribution in [2.75, 3.05) is 16.4 Å². The predicted octanol–water partition coefficient (Wildman–Crippen LogP) is 5.53. The van der Waals surface area contributed by atoms with Crippen LogP contribution in [0.2, 0.25) is 10.0 Å². The number of carbonyl (C=O) groups excluding carboxylic acids is 2. The molecule has 2 amide bonds. The zero-order chi connectivity index (χ0) is 23.8. The van der Waals surface area contributed by atoms with Crippen molar-refractivity contribution in [1.82, 2.24) is 4.98 Å². The molecule has 1 aliphatic carbocycles. The van der Waals surface area contributed by atoms with Gasteiger partial charge in [-0.3, -0.25) is 9.59 Å². The quantitative estimate of drug-likeness (QED) is 0.438. The number of nitrogens with one attached hydrogen (secondary N) is 2. The first-order valence-corrected chi connectivity index (χ1v) is 10.6. The minimum atomic E-state index is -2.98. The Morgan fingerprint density at radius 1 is 0.970 bits per heavy atom. The zero-order valence-electron chi connectivity index (χ0n) is 17.0. The molecule has 0 radical (unpaired) electrons. The highest BCUT2D eigenvalue weighted by molar-refractivity contribution is 6.31. The van der Waals surface area contributed by atoms with Crippen molar-refractivity contribution in [2.24, 2.45) is 0 Å². The largest absolute Gasteiger partial charge is 0.382 e. The van der Waals surface area contributed by atoms with E-state index in [0.29, 0.717) is 21.8 Å². The summed E-state index contributed by atoms with van der Waals surface area (Å²) in [6.07, 6.45) is -0.00186. The van der Waals surface area contributed by atoms with E-state index in [1.54, 1.807) is 42.5 Å². The van der Waals surface area contributed by atoms with E-state index >= 15 is 0 Å². The molecule has 6 nitrogen and oxygen atoms in total. The lowest BCUT2D eigenvalue weighted by Gasteiger charge is -2.46. The number of nitrogen functional groups attached to an aromatic ring is 1. The molecule has 3 aromatic rings. The average Bonchev–Trinajstić information content (AvgIpc) is 2.74. The molecule has 33 heavy (non-hydrogen) atoms. The molecule has 1 saturated carbocycles. The predicted molar refractivity (Wildman–Crippen MR) is 124 cm³/mol. The fourth-order valence-corrected chi connectivity index (χ4v) is 4.17. The number of nitrogens with zero attached hydrogens (tertiary/aromatic N) is 1. The number of aromatic nitrogens is 1. The van der Waals surface area contributed by atoms with Crippen LogP contribution in [0.4, 0.5) is 26.0 Å². The number of nitrogens with two attached hydrogens (primary N) is 1. The van der Waals surface area contributed by atoms with Crippen LogP contribution in [0.1, 0.15) is 28.8 Å². The van der Waals surface area contributed by atoms with Crippen LogP contribution in [0.5, 0.6) is 0 Å². The fraction of sp³-hybridized carbons (Fsp3) is 0.174. The number of hydrogen-bond acceptors (Lipinski definition) is 4. The summed E-state index contributed by atoms with van der Waals surface area (Å²) in [4.78, 5) is 29.4. The minimum absolute atomic E-state index is 0.0214. The number of halogens is 4. The van der Waals surface area contributed by atoms with Crippen LogP contribution in [-0.2, 0) is 10.2 Å². The van der Waals surface area contributed by atoms with Gasteiger partial charge in [0.05, 0.1) is 16.1 Å². The second kappa shape index (κ2) is 8.61. The van der Waals surface area contributed by atoms with Gasteiger partial charge in [0.2, 0.25) is 5.91 Å². The molecule has 4 rings (SSSR count). The topological polar surface area (TPSA) is 97.1 Å². The van der Waals surface area contributed by atoms with Crippen LogP contribution in [0, 0.1) is 0 Å². The first-order chi connectivity index (χ1) is 15.6. The van der Waals surface area contributed by atoms with Crippen molar-refractivity contribution in [2.45, 2.75) is 24.2 Å². The lowest BCUT2D eigenvalue weighted by atomic mass is 9.61. The van der Waals surface area contributed by atoms with Gasteiger partial charge in [0.25, 0.3) is 11.8 Å². The molecule has 1 heterocycles. The van der Waals surface area contributed by atoms with E-state index in [-0.39, 0.29) is 22.4 Å². The van der Waals surface area contributed by atoms with Gasteiger partial charge in [0.15, 0.2) is 0 Å². The third-order valence-corrected chi connectivity index (χ3v) is 5.91. The molecular formula is C23H18Cl2F2N4O2. The highest BCUT2D eigenvalue weighted by Gasteiger charge is 2.61. The lowest BCUT2D eigenvalue weighted by Crippen LogP contribution is -2.56. The number of pyridine rings is 1. The Kier molecular flexibility index (Phi) is 5.99. The van der Waals surface area contributed by atoms with Crippen molar-refractivity contribution in [3.8, 4) is 0 Å². The molecule has 0 unspecified atom stereocenters. The standard InChI is InChI=1S/C23H18Cl2F2N4O2/c24-15-3-1-2-13(8-15)20(32)30-17-6-4-14(5-7-17)22(11-23(26,27)12-22)21(33)31-18-9-16(25)10-29-19(18)28/h1-10H,11-12H2,(H2,28,29)(H,30,32)(H,31,33). The number of anilines is 3. The summed E-state index contributed by atoms with van der Waals surface area (Å²) in [6.45, 7) is 0. The van der Waals surface area contributed by atoms with E-state index in [0.717, 1.165) is 0 Å². The molecule has 1 aliphatic rings. The summed E-state index contributed by atoms with van der Waals surface area (Å²) in [6, 6.07) is 14.0. The van der Waals surface area contributed by atoms with Gasteiger partial charge >= 0.3 is 0 Å². The number of benzene rings is 2. The molecule has 4 N–H and O–H groups in total. The number of alkyl halides is 2. The highest BCUT2D eigenvalue weighted by Crippen LogP contribution is 2.54. The van der Waals surface area contributed by atoms with E-state index in [2.05, 4.69) is 15.6 Å². The SMILES string of the molecule is Nc1ncc(Cl)cc1NC(=O)C1(c2ccc(NC(=O)c3cccc(Cl)c3)cc2)CC(F)(F)C1. The Bertz CT molecular complexity index is 1230. The van der Waals surface area contributed by atoms with Gasteiger partial charge < -0.3 is 16.4 Å². The average molecular weight is 491 g/mol. The molecule has 0 saturated heterocycles. The van der Waals surface area contributed by atoms with Gasteiger partial charge in [0.1, 0.15) is 5.82 Å². The second-order valence-electron chi connectivity index (χ2n) is 7.87. The maximum atomic E-state index is 13.9.